The van der Waals surface area contributed by atoms with Crippen LogP contribution in [0.4, 0.5) is 0 Å². The van der Waals surface area contributed by atoms with E-state index in [9.17, 15) is 8.42 Å². The Bertz CT molecular complexity index is 525. The van der Waals surface area contributed by atoms with Gasteiger partial charge >= 0.3 is 0 Å². The van der Waals surface area contributed by atoms with Gasteiger partial charge in [0, 0.05) is 26.7 Å². The van der Waals surface area contributed by atoms with Crippen LogP contribution in [0.3, 0.4) is 0 Å². The predicted molar refractivity (Wildman–Crippen MR) is 67.9 cm³/mol. The van der Waals surface area contributed by atoms with E-state index in [4.69, 9.17) is 0 Å². The van der Waals surface area contributed by atoms with Gasteiger partial charge in [0.05, 0.1) is 0 Å². The summed E-state index contributed by atoms with van der Waals surface area (Å²) in [5.74, 6) is 0. The van der Waals surface area contributed by atoms with E-state index >= 15 is 0 Å². The third kappa shape index (κ3) is 2.36. The number of benzene rings is 1. The first-order valence-corrected chi connectivity index (χ1v) is 7.08. The Morgan fingerprint density at radius 1 is 1.24 bits per heavy atom. The maximum Gasteiger partial charge on any atom is 0.282 e. The van der Waals surface area contributed by atoms with Crippen molar-refractivity contribution in [1.82, 2.24) is 8.61 Å². The summed E-state index contributed by atoms with van der Waals surface area (Å²) in [5, 5.41) is 0. The summed E-state index contributed by atoms with van der Waals surface area (Å²) in [4.78, 5) is 0. The van der Waals surface area contributed by atoms with E-state index in [0.29, 0.717) is 19.6 Å². The van der Waals surface area contributed by atoms with Gasteiger partial charge in [-0.1, -0.05) is 23.8 Å². The zero-order valence-electron chi connectivity index (χ0n) is 10.5. The summed E-state index contributed by atoms with van der Waals surface area (Å²) < 4.78 is 26.8. The molecular formula is C12H18N2O2S. The molecule has 5 heteroatoms. The quantitative estimate of drug-likeness (QED) is 0.798. The zero-order chi connectivity index (χ0) is 12.6. The fourth-order valence-corrected chi connectivity index (χ4v) is 3.32. The van der Waals surface area contributed by atoms with Crippen LogP contribution >= 0.6 is 0 Å². The van der Waals surface area contributed by atoms with Crippen LogP contribution in [0.15, 0.2) is 18.2 Å². The lowest BCUT2D eigenvalue weighted by atomic mass is 10.1. The summed E-state index contributed by atoms with van der Waals surface area (Å²) >= 11 is 0. The molecule has 0 atom stereocenters. The minimum absolute atomic E-state index is 0.472. The Morgan fingerprint density at radius 2 is 1.94 bits per heavy atom. The van der Waals surface area contributed by atoms with Gasteiger partial charge in [0.25, 0.3) is 10.2 Å². The van der Waals surface area contributed by atoms with Gasteiger partial charge in [0.2, 0.25) is 0 Å². The van der Waals surface area contributed by atoms with Crippen LogP contribution in [0.5, 0.6) is 0 Å². The first kappa shape index (κ1) is 12.5. The van der Waals surface area contributed by atoms with Gasteiger partial charge in [-0.25, -0.2) is 0 Å². The van der Waals surface area contributed by atoms with Crippen molar-refractivity contribution in [2.24, 2.45) is 0 Å². The van der Waals surface area contributed by atoms with E-state index in [1.54, 1.807) is 7.05 Å². The average Bonchev–Trinajstić information content (AvgIpc) is 2.50. The number of aryl methyl sites for hydroxylation is 2. The van der Waals surface area contributed by atoms with E-state index < -0.39 is 10.2 Å². The highest BCUT2D eigenvalue weighted by molar-refractivity contribution is 7.86. The molecule has 1 saturated heterocycles. The number of hydrogen-bond acceptors (Lipinski definition) is 2. The van der Waals surface area contributed by atoms with Crippen LogP contribution in [0, 0.1) is 13.8 Å². The van der Waals surface area contributed by atoms with Gasteiger partial charge in [0.15, 0.2) is 0 Å². The summed E-state index contributed by atoms with van der Waals surface area (Å²) in [6.45, 7) is 5.66. The summed E-state index contributed by atoms with van der Waals surface area (Å²) in [6.07, 6.45) is 0. The highest BCUT2D eigenvalue weighted by Gasteiger charge is 2.33. The third-order valence-corrected chi connectivity index (χ3v) is 5.17. The highest BCUT2D eigenvalue weighted by Crippen LogP contribution is 2.20. The van der Waals surface area contributed by atoms with Gasteiger partial charge in [-0.05, 0) is 25.0 Å². The van der Waals surface area contributed by atoms with Crippen molar-refractivity contribution in [3.05, 3.63) is 34.9 Å². The summed E-state index contributed by atoms with van der Waals surface area (Å²) in [5.41, 5.74) is 3.39. The Kier molecular flexibility index (Phi) is 3.25. The molecule has 1 fully saturated rings. The van der Waals surface area contributed by atoms with Crippen molar-refractivity contribution in [3.8, 4) is 0 Å². The monoisotopic (exact) mass is 254 g/mol. The van der Waals surface area contributed by atoms with Crippen LogP contribution < -0.4 is 0 Å². The minimum Gasteiger partial charge on any atom is -0.195 e. The number of hydrogen-bond donors (Lipinski definition) is 0. The molecule has 1 aromatic rings. The SMILES string of the molecule is Cc1ccc(C)c(CN2CCN(C)S2(=O)=O)c1. The van der Waals surface area contributed by atoms with Crippen molar-refractivity contribution < 1.29 is 8.42 Å². The molecule has 4 nitrogen and oxygen atoms in total. The van der Waals surface area contributed by atoms with Crippen LogP contribution in [-0.4, -0.2) is 37.2 Å². The molecule has 0 spiro atoms. The number of likely N-dealkylation sites (N-methyl/N-ethyl adjacent to an activating group) is 1. The Balaban J connectivity index is 2.25. The number of rotatable bonds is 2. The van der Waals surface area contributed by atoms with Crippen LogP contribution in [-0.2, 0) is 16.8 Å². The molecule has 0 radical (unpaired) electrons. The minimum atomic E-state index is -3.23. The lowest BCUT2D eigenvalue weighted by molar-refractivity contribution is 0.444. The first-order valence-electron chi connectivity index (χ1n) is 5.69. The molecule has 2 rings (SSSR count). The molecule has 1 heterocycles. The molecule has 0 aliphatic carbocycles. The van der Waals surface area contributed by atoms with Crippen molar-refractivity contribution in [3.63, 3.8) is 0 Å². The standard InChI is InChI=1S/C12H18N2O2S/c1-10-4-5-11(2)12(8-10)9-14-7-6-13(3)17(14,15)16/h4-5,8H,6-7,9H2,1-3H3. The molecule has 1 aromatic carbocycles. The normalized spacial score (nSPS) is 20.9. The van der Waals surface area contributed by atoms with Gasteiger partial charge in [-0.2, -0.15) is 17.0 Å². The maximum absolute atomic E-state index is 11.9. The van der Waals surface area contributed by atoms with Crippen molar-refractivity contribution in [1.29, 1.82) is 0 Å². The maximum atomic E-state index is 11.9. The second kappa shape index (κ2) is 4.40. The van der Waals surface area contributed by atoms with E-state index in [2.05, 4.69) is 6.07 Å². The Hall–Kier alpha value is -0.910. The largest absolute Gasteiger partial charge is 0.282 e. The predicted octanol–water partition coefficient (Wildman–Crippen LogP) is 1.30. The van der Waals surface area contributed by atoms with E-state index in [1.165, 1.54) is 8.61 Å². The highest BCUT2D eigenvalue weighted by atomic mass is 32.2. The van der Waals surface area contributed by atoms with E-state index in [-0.39, 0.29) is 0 Å². The fourth-order valence-electron chi connectivity index (χ4n) is 2.00. The molecule has 1 aliphatic rings. The summed E-state index contributed by atoms with van der Waals surface area (Å²) in [6, 6.07) is 6.14. The molecule has 94 valence electrons. The van der Waals surface area contributed by atoms with E-state index in [0.717, 1.165) is 16.7 Å². The van der Waals surface area contributed by atoms with Crippen molar-refractivity contribution in [2.45, 2.75) is 20.4 Å². The summed E-state index contributed by atoms with van der Waals surface area (Å²) in [7, 11) is -1.60. The molecule has 17 heavy (non-hydrogen) atoms. The molecule has 0 N–H and O–H groups in total. The lowest BCUT2D eigenvalue weighted by Gasteiger charge is -2.17. The average molecular weight is 254 g/mol. The number of nitrogens with zero attached hydrogens (tertiary/aromatic N) is 2. The van der Waals surface area contributed by atoms with Crippen molar-refractivity contribution in [2.75, 3.05) is 20.1 Å². The van der Waals surface area contributed by atoms with Crippen molar-refractivity contribution >= 4 is 10.2 Å². The van der Waals surface area contributed by atoms with Gasteiger partial charge in [-0.3, -0.25) is 0 Å². The van der Waals surface area contributed by atoms with Gasteiger partial charge in [-0.15, -0.1) is 0 Å². The molecule has 0 bridgehead atoms. The van der Waals surface area contributed by atoms with Gasteiger partial charge in [0.1, 0.15) is 0 Å². The van der Waals surface area contributed by atoms with Crippen LogP contribution in [0.1, 0.15) is 16.7 Å². The molecule has 0 unspecified atom stereocenters. The second-order valence-electron chi connectivity index (χ2n) is 4.59. The molecule has 0 saturated carbocycles. The van der Waals surface area contributed by atoms with E-state index in [1.807, 2.05) is 26.0 Å². The lowest BCUT2D eigenvalue weighted by Crippen LogP contribution is -2.30. The van der Waals surface area contributed by atoms with Crippen LogP contribution in [0.2, 0.25) is 0 Å². The first-order chi connectivity index (χ1) is 7.91. The zero-order valence-corrected chi connectivity index (χ0v) is 11.3. The molecule has 1 aliphatic heterocycles. The van der Waals surface area contributed by atoms with Crippen LogP contribution in [0.25, 0.3) is 0 Å². The van der Waals surface area contributed by atoms with Gasteiger partial charge < -0.3 is 0 Å². The third-order valence-electron chi connectivity index (χ3n) is 3.24. The smallest absolute Gasteiger partial charge is 0.195 e. The molecule has 0 amide bonds. The topological polar surface area (TPSA) is 40.6 Å². The molecule has 0 aromatic heterocycles. The molecular weight excluding hydrogens is 236 g/mol. The second-order valence-corrected chi connectivity index (χ2v) is 6.63. The fraction of sp³-hybridized carbons (Fsp3) is 0.500. The Morgan fingerprint density at radius 3 is 2.53 bits per heavy atom. The Labute approximate surface area is 103 Å².